The molecule has 2 heteroatoms. The summed E-state index contributed by atoms with van der Waals surface area (Å²) < 4.78 is 0. The van der Waals surface area contributed by atoms with Gasteiger partial charge in [0.15, 0.2) is 0 Å². The number of hydrogen-bond acceptors (Lipinski definition) is 2. The number of nitrogens with zero attached hydrogens (tertiary/aromatic N) is 1. The fourth-order valence-corrected chi connectivity index (χ4v) is 3.28. The Morgan fingerprint density at radius 3 is 2.40 bits per heavy atom. The van der Waals surface area contributed by atoms with Gasteiger partial charge in [-0.15, -0.1) is 0 Å². The minimum Gasteiger partial charge on any atom is -0.330 e. The van der Waals surface area contributed by atoms with E-state index >= 15 is 0 Å². The molecule has 2 N–H and O–H groups in total. The Morgan fingerprint density at radius 2 is 1.87 bits per heavy atom. The average molecular weight is 210 g/mol. The van der Waals surface area contributed by atoms with Crippen LogP contribution >= 0.6 is 0 Å². The Balaban J connectivity index is 1.86. The lowest BCUT2D eigenvalue weighted by Crippen LogP contribution is -2.43. The van der Waals surface area contributed by atoms with Crippen LogP contribution in [0.3, 0.4) is 0 Å². The van der Waals surface area contributed by atoms with Crippen molar-refractivity contribution in [2.45, 2.75) is 51.5 Å². The number of nitrogens with two attached hydrogens (primary N) is 1. The van der Waals surface area contributed by atoms with E-state index in [0.29, 0.717) is 0 Å². The number of rotatable bonds is 5. The second-order valence-corrected chi connectivity index (χ2v) is 5.38. The Morgan fingerprint density at radius 1 is 1.13 bits per heavy atom. The normalized spacial score (nSPS) is 32.2. The predicted octanol–water partition coefficient (Wildman–Crippen LogP) is 2.24. The van der Waals surface area contributed by atoms with E-state index in [1.807, 2.05) is 0 Å². The van der Waals surface area contributed by atoms with Gasteiger partial charge in [-0.3, -0.25) is 0 Å². The molecular formula is C13H26N2. The standard InChI is InChI=1S/C13H26N2/c1-2-15(10-11-5-3-6-11)13-8-4-7-12(13)9-14/h11-13H,2-10,14H2,1H3. The quantitative estimate of drug-likeness (QED) is 0.754. The highest BCUT2D eigenvalue weighted by atomic mass is 15.2. The lowest BCUT2D eigenvalue weighted by molar-refractivity contribution is 0.117. The molecule has 0 heterocycles. The van der Waals surface area contributed by atoms with Gasteiger partial charge in [-0.05, 0) is 50.6 Å². The summed E-state index contributed by atoms with van der Waals surface area (Å²) in [6.45, 7) is 5.77. The molecule has 2 aliphatic carbocycles. The van der Waals surface area contributed by atoms with E-state index in [2.05, 4.69) is 11.8 Å². The highest BCUT2D eigenvalue weighted by Crippen LogP contribution is 2.33. The molecule has 0 amide bonds. The summed E-state index contributed by atoms with van der Waals surface area (Å²) in [5.41, 5.74) is 5.87. The molecule has 0 saturated heterocycles. The molecule has 15 heavy (non-hydrogen) atoms. The molecule has 0 aromatic heterocycles. The Bertz CT molecular complexity index is 189. The van der Waals surface area contributed by atoms with E-state index in [9.17, 15) is 0 Å². The van der Waals surface area contributed by atoms with Crippen LogP contribution in [0.25, 0.3) is 0 Å². The summed E-state index contributed by atoms with van der Waals surface area (Å²) in [7, 11) is 0. The van der Waals surface area contributed by atoms with E-state index in [1.54, 1.807) is 0 Å². The molecular weight excluding hydrogens is 184 g/mol. The van der Waals surface area contributed by atoms with Crippen LogP contribution in [-0.4, -0.2) is 30.6 Å². The zero-order valence-electron chi connectivity index (χ0n) is 10.1. The monoisotopic (exact) mass is 210 g/mol. The minimum atomic E-state index is 0.782. The van der Waals surface area contributed by atoms with Crippen molar-refractivity contribution < 1.29 is 0 Å². The van der Waals surface area contributed by atoms with Crippen LogP contribution < -0.4 is 5.73 Å². The van der Waals surface area contributed by atoms with Crippen LogP contribution in [0.2, 0.25) is 0 Å². The molecule has 0 spiro atoms. The predicted molar refractivity (Wildman–Crippen MR) is 64.8 cm³/mol. The third kappa shape index (κ3) is 2.54. The second kappa shape index (κ2) is 5.31. The van der Waals surface area contributed by atoms with Crippen LogP contribution in [0.1, 0.15) is 45.4 Å². The molecule has 2 atom stereocenters. The molecule has 0 radical (unpaired) electrons. The van der Waals surface area contributed by atoms with Crippen LogP contribution in [0.5, 0.6) is 0 Å². The minimum absolute atomic E-state index is 0.782. The second-order valence-electron chi connectivity index (χ2n) is 5.38. The van der Waals surface area contributed by atoms with Crippen molar-refractivity contribution in [3.8, 4) is 0 Å². The molecule has 0 aliphatic heterocycles. The van der Waals surface area contributed by atoms with Crippen molar-refractivity contribution in [3.05, 3.63) is 0 Å². The fourth-order valence-electron chi connectivity index (χ4n) is 3.28. The Labute approximate surface area is 94.2 Å². The molecule has 0 bridgehead atoms. The lowest BCUT2D eigenvalue weighted by Gasteiger charge is -2.37. The van der Waals surface area contributed by atoms with Crippen molar-refractivity contribution in [1.82, 2.24) is 4.90 Å². The topological polar surface area (TPSA) is 29.3 Å². The fraction of sp³-hybridized carbons (Fsp3) is 1.00. The molecule has 0 aromatic carbocycles. The van der Waals surface area contributed by atoms with Crippen LogP contribution in [0.15, 0.2) is 0 Å². The zero-order chi connectivity index (χ0) is 10.7. The molecule has 2 unspecified atom stereocenters. The van der Waals surface area contributed by atoms with Crippen LogP contribution in [0, 0.1) is 11.8 Å². The first kappa shape index (κ1) is 11.4. The highest BCUT2D eigenvalue weighted by molar-refractivity contribution is 4.87. The summed E-state index contributed by atoms with van der Waals surface area (Å²) >= 11 is 0. The van der Waals surface area contributed by atoms with Gasteiger partial charge < -0.3 is 10.6 Å². The van der Waals surface area contributed by atoms with E-state index in [1.165, 1.54) is 51.6 Å². The lowest BCUT2D eigenvalue weighted by atomic mass is 9.84. The third-order valence-corrected chi connectivity index (χ3v) is 4.51. The van der Waals surface area contributed by atoms with E-state index in [-0.39, 0.29) is 0 Å². The summed E-state index contributed by atoms with van der Waals surface area (Å²) in [6, 6.07) is 0.806. The molecule has 2 fully saturated rings. The average Bonchev–Trinajstić information content (AvgIpc) is 2.64. The smallest absolute Gasteiger partial charge is 0.0135 e. The van der Waals surface area contributed by atoms with E-state index in [4.69, 9.17) is 5.73 Å². The van der Waals surface area contributed by atoms with Crippen molar-refractivity contribution in [2.24, 2.45) is 17.6 Å². The summed E-state index contributed by atoms with van der Waals surface area (Å²) in [6.07, 6.45) is 8.55. The summed E-state index contributed by atoms with van der Waals surface area (Å²) in [4.78, 5) is 2.72. The maximum atomic E-state index is 5.87. The van der Waals surface area contributed by atoms with Gasteiger partial charge in [-0.1, -0.05) is 19.8 Å². The van der Waals surface area contributed by atoms with E-state index in [0.717, 1.165) is 24.4 Å². The van der Waals surface area contributed by atoms with Gasteiger partial charge in [0, 0.05) is 12.6 Å². The zero-order valence-corrected chi connectivity index (χ0v) is 10.1. The van der Waals surface area contributed by atoms with Crippen molar-refractivity contribution in [3.63, 3.8) is 0 Å². The van der Waals surface area contributed by atoms with Crippen molar-refractivity contribution in [2.75, 3.05) is 19.6 Å². The van der Waals surface area contributed by atoms with Gasteiger partial charge in [0.1, 0.15) is 0 Å². The van der Waals surface area contributed by atoms with Crippen molar-refractivity contribution in [1.29, 1.82) is 0 Å². The molecule has 0 aromatic rings. The summed E-state index contributed by atoms with van der Waals surface area (Å²) in [5, 5.41) is 0. The molecule has 2 rings (SSSR count). The van der Waals surface area contributed by atoms with Gasteiger partial charge >= 0.3 is 0 Å². The highest BCUT2D eigenvalue weighted by Gasteiger charge is 2.32. The van der Waals surface area contributed by atoms with Gasteiger partial charge in [-0.2, -0.15) is 0 Å². The first-order valence-electron chi connectivity index (χ1n) is 6.79. The maximum absolute atomic E-state index is 5.87. The maximum Gasteiger partial charge on any atom is 0.0135 e. The van der Waals surface area contributed by atoms with Crippen LogP contribution in [0.4, 0.5) is 0 Å². The molecule has 88 valence electrons. The van der Waals surface area contributed by atoms with Gasteiger partial charge in [0.05, 0.1) is 0 Å². The number of hydrogen-bond donors (Lipinski definition) is 1. The molecule has 2 saturated carbocycles. The van der Waals surface area contributed by atoms with E-state index < -0.39 is 0 Å². The first-order chi connectivity index (χ1) is 7.35. The Kier molecular flexibility index (Phi) is 4.04. The van der Waals surface area contributed by atoms with Gasteiger partial charge in [-0.25, -0.2) is 0 Å². The summed E-state index contributed by atoms with van der Waals surface area (Å²) in [5.74, 6) is 1.79. The SMILES string of the molecule is CCN(CC1CCC1)C1CCCC1CN. The molecule has 2 nitrogen and oxygen atoms in total. The first-order valence-corrected chi connectivity index (χ1v) is 6.79. The third-order valence-electron chi connectivity index (χ3n) is 4.51. The van der Waals surface area contributed by atoms with Gasteiger partial charge in [0.25, 0.3) is 0 Å². The van der Waals surface area contributed by atoms with Gasteiger partial charge in [0.2, 0.25) is 0 Å². The Hall–Kier alpha value is -0.0800. The molecule has 2 aliphatic rings. The van der Waals surface area contributed by atoms with Crippen molar-refractivity contribution >= 4 is 0 Å². The van der Waals surface area contributed by atoms with Crippen LogP contribution in [-0.2, 0) is 0 Å². The largest absolute Gasteiger partial charge is 0.330 e.